The van der Waals surface area contributed by atoms with Gasteiger partial charge in [-0.25, -0.2) is 4.68 Å². The summed E-state index contributed by atoms with van der Waals surface area (Å²) in [4.78, 5) is 0. The number of rotatable bonds is 3. The zero-order chi connectivity index (χ0) is 12.3. The molecule has 0 aliphatic carbocycles. The van der Waals surface area contributed by atoms with Crippen LogP contribution in [0.1, 0.15) is 11.4 Å². The molecule has 0 spiro atoms. The number of nitrogens with zero attached hydrogens (tertiary/aromatic N) is 3. The number of hydrogen-bond acceptors (Lipinski definition) is 3. The van der Waals surface area contributed by atoms with Crippen LogP contribution in [0.5, 0.6) is 5.75 Å². The molecule has 1 heterocycles. The van der Waals surface area contributed by atoms with Gasteiger partial charge >= 0.3 is 0 Å². The lowest BCUT2D eigenvalue weighted by molar-refractivity contribution is 0.411. The summed E-state index contributed by atoms with van der Waals surface area (Å²) in [5.41, 5.74) is 2.65. The predicted octanol–water partition coefficient (Wildman–Crippen LogP) is 2.26. The van der Waals surface area contributed by atoms with Gasteiger partial charge in [-0.15, -0.1) is 0 Å². The molecule has 0 fully saturated rings. The van der Waals surface area contributed by atoms with Gasteiger partial charge in [0.1, 0.15) is 11.4 Å². The summed E-state index contributed by atoms with van der Waals surface area (Å²) in [6.07, 6.45) is 0.322. The summed E-state index contributed by atoms with van der Waals surface area (Å²) in [5, 5.41) is 13.1. The number of hydrogen-bond donors (Lipinski definition) is 0. The second-order valence-electron chi connectivity index (χ2n) is 3.70. The fourth-order valence-electron chi connectivity index (χ4n) is 1.75. The maximum absolute atomic E-state index is 8.67. The molecule has 0 radical (unpaired) electrons. The van der Waals surface area contributed by atoms with Crippen molar-refractivity contribution in [2.24, 2.45) is 0 Å². The van der Waals surface area contributed by atoms with Crippen molar-refractivity contribution in [2.75, 3.05) is 7.11 Å². The third-order valence-electron chi connectivity index (χ3n) is 2.51. The molecule has 4 nitrogen and oxygen atoms in total. The third kappa shape index (κ3) is 2.13. The van der Waals surface area contributed by atoms with Crippen molar-refractivity contribution in [3.05, 3.63) is 41.7 Å². The van der Waals surface area contributed by atoms with Crippen molar-refractivity contribution >= 4 is 0 Å². The molecule has 0 aliphatic rings. The summed E-state index contributed by atoms with van der Waals surface area (Å²) in [7, 11) is 1.63. The van der Waals surface area contributed by atoms with Crippen molar-refractivity contribution < 1.29 is 4.74 Å². The highest BCUT2D eigenvalue weighted by atomic mass is 16.5. The highest BCUT2D eigenvalue weighted by Crippen LogP contribution is 2.23. The lowest BCUT2D eigenvalue weighted by Crippen LogP contribution is -2.01. The Morgan fingerprint density at radius 2 is 2.18 bits per heavy atom. The minimum atomic E-state index is 0.322. The number of methoxy groups -OCH3 is 1. The molecule has 0 aliphatic heterocycles. The third-order valence-corrected chi connectivity index (χ3v) is 2.51. The maximum Gasteiger partial charge on any atom is 0.144 e. The second kappa shape index (κ2) is 4.71. The molecule has 0 saturated carbocycles. The van der Waals surface area contributed by atoms with E-state index in [2.05, 4.69) is 11.2 Å². The van der Waals surface area contributed by atoms with Crippen LogP contribution < -0.4 is 4.74 Å². The van der Waals surface area contributed by atoms with Crippen LogP contribution in [0.25, 0.3) is 5.69 Å². The van der Waals surface area contributed by atoms with E-state index in [1.165, 1.54) is 0 Å². The molecule has 4 heteroatoms. The standard InChI is InChI=1S/C13H13N3O/c1-10-9-11(7-8-14)15-16(10)12-5-3-4-6-13(12)17-2/h3-6,9H,7H2,1-2H3. The summed E-state index contributed by atoms with van der Waals surface area (Å²) in [5.74, 6) is 0.766. The first-order valence-corrected chi connectivity index (χ1v) is 5.32. The number of aromatic nitrogens is 2. The van der Waals surface area contributed by atoms with Gasteiger partial charge < -0.3 is 4.74 Å². The first kappa shape index (κ1) is 11.2. The zero-order valence-electron chi connectivity index (χ0n) is 9.84. The van der Waals surface area contributed by atoms with E-state index in [-0.39, 0.29) is 0 Å². The van der Waals surface area contributed by atoms with Crippen molar-refractivity contribution in [3.63, 3.8) is 0 Å². The zero-order valence-corrected chi connectivity index (χ0v) is 9.84. The van der Waals surface area contributed by atoms with Crippen LogP contribution in [0, 0.1) is 18.3 Å². The van der Waals surface area contributed by atoms with E-state index in [1.807, 2.05) is 37.3 Å². The van der Waals surface area contributed by atoms with Crippen LogP contribution in [-0.2, 0) is 6.42 Å². The minimum Gasteiger partial charge on any atom is -0.494 e. The lowest BCUT2D eigenvalue weighted by Gasteiger charge is -2.09. The van der Waals surface area contributed by atoms with Crippen LogP contribution >= 0.6 is 0 Å². The van der Waals surface area contributed by atoms with Crippen molar-refractivity contribution in [1.82, 2.24) is 9.78 Å². The Morgan fingerprint density at radius 3 is 2.88 bits per heavy atom. The Bertz CT molecular complexity index is 566. The van der Waals surface area contributed by atoms with Gasteiger partial charge in [0.25, 0.3) is 0 Å². The molecule has 0 bridgehead atoms. The second-order valence-corrected chi connectivity index (χ2v) is 3.70. The van der Waals surface area contributed by atoms with Gasteiger partial charge in [-0.3, -0.25) is 0 Å². The maximum atomic E-state index is 8.67. The summed E-state index contributed by atoms with van der Waals surface area (Å²) in [6, 6.07) is 11.7. The lowest BCUT2D eigenvalue weighted by atomic mass is 10.3. The molecule has 1 aromatic heterocycles. The average Bonchev–Trinajstić information content (AvgIpc) is 2.70. The molecule has 2 rings (SSSR count). The first-order valence-electron chi connectivity index (χ1n) is 5.32. The van der Waals surface area contributed by atoms with Crippen LogP contribution in [-0.4, -0.2) is 16.9 Å². The predicted molar refractivity (Wildman–Crippen MR) is 64.2 cm³/mol. The number of para-hydroxylation sites is 2. The molecule has 1 aromatic carbocycles. The fraction of sp³-hybridized carbons (Fsp3) is 0.231. The molecular weight excluding hydrogens is 214 g/mol. The van der Waals surface area contributed by atoms with Crippen molar-refractivity contribution in [1.29, 1.82) is 5.26 Å². The molecule has 0 saturated heterocycles. The molecule has 0 unspecified atom stereocenters. The number of benzene rings is 1. The summed E-state index contributed by atoms with van der Waals surface area (Å²) in [6.45, 7) is 1.96. The SMILES string of the molecule is COc1ccccc1-n1nc(CC#N)cc1C. The van der Waals surface area contributed by atoms with Crippen molar-refractivity contribution in [3.8, 4) is 17.5 Å². The van der Waals surface area contributed by atoms with E-state index in [4.69, 9.17) is 10.00 Å². The van der Waals surface area contributed by atoms with Gasteiger partial charge in [-0.05, 0) is 25.1 Å². The fourth-order valence-corrected chi connectivity index (χ4v) is 1.75. The Hall–Kier alpha value is -2.28. The van der Waals surface area contributed by atoms with E-state index < -0.39 is 0 Å². The molecule has 0 atom stereocenters. The quantitative estimate of drug-likeness (QED) is 0.808. The van der Waals surface area contributed by atoms with Gasteiger partial charge in [0.2, 0.25) is 0 Å². The van der Waals surface area contributed by atoms with Crippen molar-refractivity contribution in [2.45, 2.75) is 13.3 Å². The smallest absolute Gasteiger partial charge is 0.144 e. The number of ether oxygens (including phenoxy) is 1. The van der Waals surface area contributed by atoms with Crippen LogP contribution in [0.4, 0.5) is 0 Å². The van der Waals surface area contributed by atoms with E-state index in [9.17, 15) is 0 Å². The van der Waals surface area contributed by atoms with Gasteiger partial charge in [0.05, 0.1) is 25.3 Å². The Balaban J connectivity index is 2.49. The molecule has 86 valence electrons. The van der Waals surface area contributed by atoms with E-state index in [1.54, 1.807) is 11.8 Å². The summed E-state index contributed by atoms with van der Waals surface area (Å²) >= 11 is 0. The Kier molecular flexibility index (Phi) is 3.10. The van der Waals surface area contributed by atoms with Gasteiger partial charge in [-0.1, -0.05) is 12.1 Å². The normalized spacial score (nSPS) is 9.94. The monoisotopic (exact) mass is 227 g/mol. The van der Waals surface area contributed by atoms with Gasteiger partial charge in [0.15, 0.2) is 0 Å². The van der Waals surface area contributed by atoms with Crippen LogP contribution in [0.3, 0.4) is 0 Å². The summed E-state index contributed by atoms with van der Waals surface area (Å²) < 4.78 is 7.10. The first-order chi connectivity index (χ1) is 8.26. The molecule has 2 aromatic rings. The van der Waals surface area contributed by atoms with E-state index in [0.29, 0.717) is 6.42 Å². The average molecular weight is 227 g/mol. The Labute approximate surface area is 100 Å². The topological polar surface area (TPSA) is 50.8 Å². The molecule has 17 heavy (non-hydrogen) atoms. The molecule has 0 N–H and O–H groups in total. The highest BCUT2D eigenvalue weighted by Gasteiger charge is 2.09. The molecule has 0 amide bonds. The van der Waals surface area contributed by atoms with E-state index in [0.717, 1.165) is 22.8 Å². The Morgan fingerprint density at radius 1 is 1.41 bits per heavy atom. The minimum absolute atomic E-state index is 0.322. The van der Waals surface area contributed by atoms with E-state index >= 15 is 0 Å². The number of nitriles is 1. The largest absolute Gasteiger partial charge is 0.494 e. The number of aryl methyl sites for hydroxylation is 1. The highest BCUT2D eigenvalue weighted by molar-refractivity contribution is 5.47. The van der Waals surface area contributed by atoms with Crippen LogP contribution in [0.15, 0.2) is 30.3 Å². The van der Waals surface area contributed by atoms with Gasteiger partial charge in [-0.2, -0.15) is 10.4 Å². The molecular formula is C13H13N3O. The van der Waals surface area contributed by atoms with Crippen LogP contribution in [0.2, 0.25) is 0 Å². The van der Waals surface area contributed by atoms with Gasteiger partial charge in [0, 0.05) is 5.69 Å².